The Bertz CT molecular complexity index is 887. The van der Waals surface area contributed by atoms with Crippen LogP contribution in [0.25, 0.3) is 27.7 Å². The molecule has 0 atom stereocenters. The van der Waals surface area contributed by atoms with Gasteiger partial charge in [0.1, 0.15) is 0 Å². The third kappa shape index (κ3) is 1.19. The molecule has 4 rings (SSSR count). The lowest BCUT2D eigenvalue weighted by molar-refractivity contribution is 1.15. The molecule has 3 heteroatoms. The first-order chi connectivity index (χ1) is 8.84. The first-order valence-electron chi connectivity index (χ1n) is 5.86. The molecule has 1 N–H and O–H groups in total. The largest absolute Gasteiger partial charge is 0.330 e. The van der Waals surface area contributed by atoms with Crippen molar-refractivity contribution < 1.29 is 0 Å². The van der Waals surface area contributed by atoms with Gasteiger partial charge in [0.2, 0.25) is 0 Å². The van der Waals surface area contributed by atoms with E-state index in [4.69, 9.17) is 12.2 Å². The van der Waals surface area contributed by atoms with Gasteiger partial charge in [0.05, 0.1) is 16.7 Å². The maximum absolute atomic E-state index is 5.43. The van der Waals surface area contributed by atoms with Crippen molar-refractivity contribution >= 4 is 28.6 Å². The fraction of sp³-hybridized carbons (Fsp3) is 0. The molecule has 2 aromatic heterocycles. The molecular weight excluding hydrogens is 240 g/mol. The van der Waals surface area contributed by atoms with Crippen molar-refractivity contribution in [1.82, 2.24) is 9.38 Å². The molecule has 0 amide bonds. The molecule has 0 fully saturated rings. The van der Waals surface area contributed by atoms with E-state index in [-0.39, 0.29) is 0 Å². The van der Waals surface area contributed by atoms with Crippen molar-refractivity contribution in [2.75, 3.05) is 0 Å². The first-order valence-corrected chi connectivity index (χ1v) is 6.27. The lowest BCUT2D eigenvalue weighted by Gasteiger charge is -1.98. The quantitative estimate of drug-likeness (QED) is 0.501. The van der Waals surface area contributed by atoms with Crippen LogP contribution in [0.4, 0.5) is 0 Å². The van der Waals surface area contributed by atoms with E-state index in [1.807, 2.05) is 18.2 Å². The Kier molecular flexibility index (Phi) is 1.88. The average Bonchev–Trinajstić information content (AvgIpc) is 2.95. The maximum atomic E-state index is 5.43. The Hall–Kier alpha value is -2.13. The van der Waals surface area contributed by atoms with Crippen molar-refractivity contribution in [3.8, 4) is 11.3 Å². The van der Waals surface area contributed by atoms with Crippen LogP contribution in [0.1, 0.15) is 0 Å². The topological polar surface area (TPSA) is 20.2 Å². The van der Waals surface area contributed by atoms with Gasteiger partial charge in [-0.1, -0.05) is 42.5 Å². The molecule has 2 heterocycles. The van der Waals surface area contributed by atoms with Crippen molar-refractivity contribution in [2.24, 2.45) is 0 Å². The third-order valence-electron chi connectivity index (χ3n) is 3.34. The molecule has 86 valence electrons. The molecule has 0 spiro atoms. The van der Waals surface area contributed by atoms with E-state index < -0.39 is 0 Å². The number of rotatable bonds is 1. The van der Waals surface area contributed by atoms with Crippen LogP contribution in [0.5, 0.6) is 0 Å². The second kappa shape index (κ2) is 3.43. The highest BCUT2D eigenvalue weighted by molar-refractivity contribution is 7.71. The summed E-state index contributed by atoms with van der Waals surface area (Å²) in [7, 11) is 0. The van der Waals surface area contributed by atoms with Gasteiger partial charge in [-0.25, -0.2) is 0 Å². The molecule has 4 aromatic rings. The van der Waals surface area contributed by atoms with Crippen LogP contribution in [0.3, 0.4) is 0 Å². The zero-order chi connectivity index (χ0) is 12.1. The molecular formula is C15H10N2S. The van der Waals surface area contributed by atoms with Gasteiger partial charge in [-0.05, 0) is 29.9 Å². The molecule has 0 radical (unpaired) electrons. The summed E-state index contributed by atoms with van der Waals surface area (Å²) in [5, 5.41) is 1.22. The van der Waals surface area contributed by atoms with Gasteiger partial charge in [-0.3, -0.25) is 4.40 Å². The molecule has 0 aliphatic rings. The summed E-state index contributed by atoms with van der Waals surface area (Å²) < 4.78 is 2.88. The Morgan fingerprint density at radius 3 is 2.61 bits per heavy atom. The molecule has 0 saturated heterocycles. The monoisotopic (exact) mass is 250 g/mol. The maximum Gasteiger partial charge on any atom is 0.182 e. The Morgan fingerprint density at radius 2 is 1.78 bits per heavy atom. The van der Waals surface area contributed by atoms with Gasteiger partial charge in [0.15, 0.2) is 4.77 Å². The number of imidazole rings is 1. The van der Waals surface area contributed by atoms with Crippen LogP contribution < -0.4 is 0 Å². The molecule has 2 nitrogen and oxygen atoms in total. The Balaban J connectivity index is 2.22. The SMILES string of the molecule is S=c1[nH]c2cccc3cc(-c4ccccc4)n1c32. The third-order valence-corrected chi connectivity index (χ3v) is 3.62. The van der Waals surface area contributed by atoms with E-state index in [1.54, 1.807) is 0 Å². The lowest BCUT2D eigenvalue weighted by atomic mass is 10.1. The van der Waals surface area contributed by atoms with E-state index in [0.717, 1.165) is 16.0 Å². The van der Waals surface area contributed by atoms with Crippen LogP contribution in [0.2, 0.25) is 0 Å². The first kappa shape index (κ1) is 9.85. The number of hydrogen-bond acceptors (Lipinski definition) is 1. The standard InChI is InChI=1S/C15H10N2S/c18-15-16-12-8-4-7-11-9-13(17(15)14(11)12)10-5-2-1-3-6-10/h1-9H,(H,16,18). The number of nitrogens with zero attached hydrogens (tertiary/aromatic N) is 1. The number of aromatic amines is 1. The summed E-state index contributed by atoms with van der Waals surface area (Å²) in [6.07, 6.45) is 0. The minimum Gasteiger partial charge on any atom is -0.330 e. The van der Waals surface area contributed by atoms with Crippen LogP contribution in [0, 0.1) is 4.77 Å². The zero-order valence-electron chi connectivity index (χ0n) is 9.55. The number of nitrogens with one attached hydrogen (secondary N) is 1. The van der Waals surface area contributed by atoms with Crippen LogP contribution in [-0.2, 0) is 0 Å². The van der Waals surface area contributed by atoms with Crippen molar-refractivity contribution in [3.05, 3.63) is 59.4 Å². The summed E-state index contributed by atoms with van der Waals surface area (Å²) in [5.41, 5.74) is 4.61. The van der Waals surface area contributed by atoms with E-state index in [9.17, 15) is 0 Å². The second-order valence-electron chi connectivity index (χ2n) is 4.40. The minimum atomic E-state index is 0.755. The highest BCUT2D eigenvalue weighted by atomic mass is 32.1. The molecule has 0 aliphatic heterocycles. The molecule has 0 saturated carbocycles. The highest BCUT2D eigenvalue weighted by Crippen LogP contribution is 2.30. The smallest absolute Gasteiger partial charge is 0.182 e. The molecule has 0 unspecified atom stereocenters. The fourth-order valence-corrected chi connectivity index (χ4v) is 2.86. The van der Waals surface area contributed by atoms with Gasteiger partial charge in [-0.15, -0.1) is 0 Å². The van der Waals surface area contributed by atoms with E-state index in [0.29, 0.717) is 0 Å². The second-order valence-corrected chi connectivity index (χ2v) is 4.79. The summed E-state index contributed by atoms with van der Waals surface area (Å²) in [6.45, 7) is 0. The summed E-state index contributed by atoms with van der Waals surface area (Å²) in [5.74, 6) is 0. The van der Waals surface area contributed by atoms with E-state index >= 15 is 0 Å². The van der Waals surface area contributed by atoms with Gasteiger partial charge in [0, 0.05) is 5.39 Å². The van der Waals surface area contributed by atoms with Gasteiger partial charge < -0.3 is 4.98 Å². The fourth-order valence-electron chi connectivity index (χ4n) is 2.56. The Labute approximate surface area is 109 Å². The molecule has 18 heavy (non-hydrogen) atoms. The summed E-state index contributed by atoms with van der Waals surface area (Å²) in [6, 6.07) is 18.8. The number of hydrogen-bond donors (Lipinski definition) is 1. The predicted octanol–water partition coefficient (Wildman–Crippen LogP) is 4.25. The average molecular weight is 250 g/mol. The van der Waals surface area contributed by atoms with Crippen LogP contribution >= 0.6 is 12.2 Å². The van der Waals surface area contributed by atoms with Gasteiger partial charge >= 0.3 is 0 Å². The van der Waals surface area contributed by atoms with Crippen LogP contribution in [-0.4, -0.2) is 9.38 Å². The highest BCUT2D eigenvalue weighted by Gasteiger charge is 2.12. The van der Waals surface area contributed by atoms with E-state index in [1.165, 1.54) is 16.5 Å². The molecule has 0 aliphatic carbocycles. The molecule has 2 aromatic carbocycles. The minimum absolute atomic E-state index is 0.755. The zero-order valence-corrected chi connectivity index (χ0v) is 10.4. The summed E-state index contributed by atoms with van der Waals surface area (Å²) >= 11 is 5.43. The van der Waals surface area contributed by atoms with Crippen molar-refractivity contribution in [3.63, 3.8) is 0 Å². The number of para-hydroxylation sites is 1. The Morgan fingerprint density at radius 1 is 0.944 bits per heavy atom. The summed E-state index contributed by atoms with van der Waals surface area (Å²) in [4.78, 5) is 3.26. The van der Waals surface area contributed by atoms with Gasteiger partial charge in [-0.2, -0.15) is 0 Å². The number of aromatic nitrogens is 2. The predicted molar refractivity (Wildman–Crippen MR) is 76.7 cm³/mol. The van der Waals surface area contributed by atoms with Crippen molar-refractivity contribution in [2.45, 2.75) is 0 Å². The van der Waals surface area contributed by atoms with Crippen molar-refractivity contribution in [1.29, 1.82) is 0 Å². The van der Waals surface area contributed by atoms with E-state index in [2.05, 4.69) is 45.8 Å². The number of H-pyrrole nitrogens is 1. The molecule has 0 bridgehead atoms. The number of benzene rings is 2. The normalized spacial score (nSPS) is 11.6. The van der Waals surface area contributed by atoms with Gasteiger partial charge in [0.25, 0.3) is 0 Å². The van der Waals surface area contributed by atoms with Crippen LogP contribution in [0.15, 0.2) is 54.6 Å². The lowest BCUT2D eigenvalue weighted by Crippen LogP contribution is -1.84.